The van der Waals surface area contributed by atoms with Crippen molar-refractivity contribution in [3.63, 3.8) is 0 Å². The number of aromatic carboxylic acids is 1. The van der Waals surface area contributed by atoms with E-state index in [9.17, 15) is 19.3 Å². The lowest BCUT2D eigenvalue weighted by Crippen LogP contribution is -2.34. The Hall–Kier alpha value is -2.18. The number of hydrogen-bond acceptors (Lipinski definition) is 4. The fourth-order valence-corrected chi connectivity index (χ4v) is 2.97. The minimum absolute atomic E-state index is 0.0563. The van der Waals surface area contributed by atoms with E-state index in [1.807, 2.05) is 18.7 Å². The maximum Gasteiger partial charge on any atom is 0.338 e. The first-order valence-electron chi connectivity index (χ1n) is 6.86. The molecule has 1 aromatic carbocycles. The highest BCUT2D eigenvalue weighted by molar-refractivity contribution is 5.90. The Labute approximate surface area is 121 Å². The van der Waals surface area contributed by atoms with Crippen molar-refractivity contribution < 1.29 is 19.2 Å². The van der Waals surface area contributed by atoms with Gasteiger partial charge < -0.3 is 10.0 Å². The van der Waals surface area contributed by atoms with Crippen molar-refractivity contribution in [3.8, 4) is 0 Å². The van der Waals surface area contributed by atoms with Crippen molar-refractivity contribution >= 4 is 17.3 Å². The van der Waals surface area contributed by atoms with Gasteiger partial charge in [-0.15, -0.1) is 0 Å². The van der Waals surface area contributed by atoms with Gasteiger partial charge in [-0.2, -0.15) is 0 Å². The summed E-state index contributed by atoms with van der Waals surface area (Å²) in [4.78, 5) is 23.4. The number of nitro groups is 1. The summed E-state index contributed by atoms with van der Waals surface area (Å²) in [6, 6.07) is 1.95. The molecule has 1 saturated heterocycles. The molecule has 2 atom stereocenters. The average Bonchev–Trinajstić information content (AvgIpc) is 2.79. The van der Waals surface area contributed by atoms with E-state index in [0.717, 1.165) is 25.3 Å². The highest BCUT2D eigenvalue weighted by Gasteiger charge is 2.35. The van der Waals surface area contributed by atoms with E-state index in [-0.39, 0.29) is 23.5 Å². The van der Waals surface area contributed by atoms with Crippen LogP contribution in [0.1, 0.15) is 43.5 Å². The van der Waals surface area contributed by atoms with Crippen molar-refractivity contribution in [1.29, 1.82) is 0 Å². The van der Waals surface area contributed by atoms with Crippen molar-refractivity contribution in [2.24, 2.45) is 0 Å². The zero-order valence-electron chi connectivity index (χ0n) is 11.9. The van der Waals surface area contributed by atoms with Crippen LogP contribution >= 0.6 is 0 Å². The summed E-state index contributed by atoms with van der Waals surface area (Å²) in [6.45, 7) is 3.91. The normalized spacial score (nSPS) is 21.6. The molecule has 1 aromatic rings. The zero-order chi connectivity index (χ0) is 15.7. The SMILES string of the molecule is CCC1CCC(C)N1c1cc(C(=O)O)c(F)cc1[N+](=O)[O-]. The summed E-state index contributed by atoms with van der Waals surface area (Å²) < 4.78 is 13.7. The van der Waals surface area contributed by atoms with Gasteiger partial charge in [0.2, 0.25) is 0 Å². The number of anilines is 1. The number of nitro benzene ring substituents is 1. The van der Waals surface area contributed by atoms with E-state index in [1.165, 1.54) is 0 Å². The number of halogens is 1. The molecule has 0 aliphatic carbocycles. The molecule has 0 bridgehead atoms. The molecule has 2 rings (SSSR count). The topological polar surface area (TPSA) is 83.7 Å². The Morgan fingerprint density at radius 3 is 2.71 bits per heavy atom. The van der Waals surface area contributed by atoms with Crippen LogP contribution in [0.25, 0.3) is 0 Å². The molecule has 2 unspecified atom stereocenters. The van der Waals surface area contributed by atoms with Gasteiger partial charge in [0.05, 0.1) is 16.6 Å². The molecule has 1 fully saturated rings. The van der Waals surface area contributed by atoms with Gasteiger partial charge in [0.1, 0.15) is 11.5 Å². The van der Waals surface area contributed by atoms with E-state index in [4.69, 9.17) is 5.11 Å². The highest BCUT2D eigenvalue weighted by Crippen LogP contribution is 2.39. The van der Waals surface area contributed by atoms with Crippen LogP contribution in [0.5, 0.6) is 0 Å². The van der Waals surface area contributed by atoms with Gasteiger partial charge in [-0.1, -0.05) is 6.92 Å². The molecule has 0 aromatic heterocycles. The van der Waals surface area contributed by atoms with Crippen molar-refractivity contribution in [1.82, 2.24) is 0 Å². The maximum atomic E-state index is 13.7. The first-order chi connectivity index (χ1) is 9.86. The molecule has 0 amide bonds. The van der Waals surface area contributed by atoms with Crippen LogP contribution in [0.15, 0.2) is 12.1 Å². The number of nitrogens with zero attached hydrogens (tertiary/aromatic N) is 2. The maximum absolute atomic E-state index is 13.7. The van der Waals surface area contributed by atoms with Gasteiger partial charge in [-0.25, -0.2) is 9.18 Å². The van der Waals surface area contributed by atoms with E-state index in [1.54, 1.807) is 0 Å². The van der Waals surface area contributed by atoms with Gasteiger partial charge in [0, 0.05) is 12.1 Å². The number of carboxylic acid groups (broad SMARTS) is 1. The number of hydrogen-bond donors (Lipinski definition) is 1. The fourth-order valence-electron chi connectivity index (χ4n) is 2.97. The Kier molecular flexibility index (Phi) is 4.11. The summed E-state index contributed by atoms with van der Waals surface area (Å²) >= 11 is 0. The summed E-state index contributed by atoms with van der Waals surface area (Å²) in [6.07, 6.45) is 2.55. The molecule has 1 heterocycles. The lowest BCUT2D eigenvalue weighted by molar-refractivity contribution is -0.384. The van der Waals surface area contributed by atoms with Gasteiger partial charge in [0.25, 0.3) is 5.69 Å². The average molecular weight is 296 g/mol. The minimum atomic E-state index is -1.43. The fraction of sp³-hybridized carbons (Fsp3) is 0.500. The third kappa shape index (κ3) is 2.68. The lowest BCUT2D eigenvalue weighted by Gasteiger charge is -2.30. The second kappa shape index (κ2) is 5.67. The van der Waals surface area contributed by atoms with Crippen LogP contribution in [0.2, 0.25) is 0 Å². The Morgan fingerprint density at radius 2 is 2.19 bits per heavy atom. The number of rotatable bonds is 4. The monoisotopic (exact) mass is 296 g/mol. The Morgan fingerprint density at radius 1 is 1.52 bits per heavy atom. The number of benzene rings is 1. The molecule has 6 nitrogen and oxygen atoms in total. The van der Waals surface area contributed by atoms with Crippen molar-refractivity contribution in [2.45, 2.75) is 45.2 Å². The van der Waals surface area contributed by atoms with Crippen LogP contribution in [-0.4, -0.2) is 28.1 Å². The van der Waals surface area contributed by atoms with Gasteiger partial charge >= 0.3 is 5.97 Å². The summed E-state index contributed by atoms with van der Waals surface area (Å²) in [5, 5.41) is 20.2. The molecule has 1 aliphatic heterocycles. The zero-order valence-corrected chi connectivity index (χ0v) is 11.9. The standard InChI is InChI=1S/C14H17FN2O4/c1-3-9-5-4-8(2)16(9)12-6-10(14(18)19)11(15)7-13(12)17(20)21/h6-9H,3-5H2,1-2H3,(H,18,19). The molecular weight excluding hydrogens is 279 g/mol. The first kappa shape index (κ1) is 15.2. The smallest absolute Gasteiger partial charge is 0.338 e. The molecule has 0 radical (unpaired) electrons. The van der Waals surface area contributed by atoms with E-state index in [0.29, 0.717) is 6.07 Å². The Bertz CT molecular complexity index is 591. The predicted molar refractivity (Wildman–Crippen MR) is 75.3 cm³/mol. The molecule has 1 aliphatic rings. The second-order valence-electron chi connectivity index (χ2n) is 5.28. The predicted octanol–water partition coefficient (Wildman–Crippen LogP) is 3.20. The van der Waals surface area contributed by atoms with E-state index < -0.39 is 22.3 Å². The largest absolute Gasteiger partial charge is 0.478 e. The minimum Gasteiger partial charge on any atom is -0.478 e. The van der Waals surface area contributed by atoms with Crippen molar-refractivity contribution in [2.75, 3.05) is 4.90 Å². The lowest BCUT2D eigenvalue weighted by atomic mass is 10.1. The molecule has 114 valence electrons. The van der Waals surface area contributed by atoms with Gasteiger partial charge in [0.15, 0.2) is 0 Å². The highest BCUT2D eigenvalue weighted by atomic mass is 19.1. The summed E-state index contributed by atoms with van der Waals surface area (Å²) in [7, 11) is 0. The Balaban J connectivity index is 2.62. The van der Waals surface area contributed by atoms with Crippen LogP contribution in [0.4, 0.5) is 15.8 Å². The van der Waals surface area contributed by atoms with Crippen LogP contribution in [-0.2, 0) is 0 Å². The molecule has 1 N–H and O–H groups in total. The molecule has 0 saturated carbocycles. The third-order valence-electron chi connectivity index (χ3n) is 4.03. The van der Waals surface area contributed by atoms with Gasteiger partial charge in [-0.05, 0) is 32.3 Å². The van der Waals surface area contributed by atoms with Crippen LogP contribution in [0, 0.1) is 15.9 Å². The summed E-state index contributed by atoms with van der Waals surface area (Å²) in [5.41, 5.74) is -0.732. The number of carbonyl (C=O) groups is 1. The molecule has 7 heteroatoms. The van der Waals surface area contributed by atoms with Crippen molar-refractivity contribution in [3.05, 3.63) is 33.6 Å². The van der Waals surface area contributed by atoms with E-state index in [2.05, 4.69) is 0 Å². The third-order valence-corrected chi connectivity index (χ3v) is 4.03. The summed E-state index contributed by atoms with van der Waals surface area (Å²) in [5.74, 6) is -2.51. The van der Waals surface area contributed by atoms with Crippen LogP contribution < -0.4 is 4.90 Å². The number of carboxylic acids is 1. The quantitative estimate of drug-likeness (QED) is 0.681. The first-order valence-corrected chi connectivity index (χ1v) is 6.86. The second-order valence-corrected chi connectivity index (χ2v) is 5.28. The molecular formula is C14H17FN2O4. The van der Waals surface area contributed by atoms with Crippen LogP contribution in [0.3, 0.4) is 0 Å². The molecule has 21 heavy (non-hydrogen) atoms. The molecule has 0 spiro atoms. The van der Waals surface area contributed by atoms with E-state index >= 15 is 0 Å². The van der Waals surface area contributed by atoms with Gasteiger partial charge in [-0.3, -0.25) is 10.1 Å².